The first kappa shape index (κ1) is 37.6. The number of nitro groups is 1. The van der Waals surface area contributed by atoms with Gasteiger partial charge in [-0.15, -0.1) is 0 Å². The van der Waals surface area contributed by atoms with Crippen molar-refractivity contribution in [2.24, 2.45) is 0 Å². The highest BCUT2D eigenvalue weighted by Crippen LogP contribution is 2.31. The zero-order valence-electron chi connectivity index (χ0n) is 27.5. The molecule has 0 aliphatic rings. The van der Waals surface area contributed by atoms with E-state index >= 15 is 0 Å². The summed E-state index contributed by atoms with van der Waals surface area (Å²) in [5, 5.41) is 16.4. The van der Waals surface area contributed by atoms with Gasteiger partial charge in [0.2, 0.25) is 0 Å². The molecule has 0 aliphatic heterocycles. The molecule has 0 amide bonds. The number of aromatic amines is 2. The average Bonchev–Trinajstić information content (AvgIpc) is 3.69. The van der Waals surface area contributed by atoms with Crippen molar-refractivity contribution >= 4 is 91.0 Å². The maximum Gasteiger partial charge on any atom is 0.296 e. The van der Waals surface area contributed by atoms with Crippen LogP contribution >= 0.6 is 0 Å². The third-order valence-electron chi connectivity index (χ3n) is 8.07. The molecule has 0 fully saturated rings. The van der Waals surface area contributed by atoms with Gasteiger partial charge in [-0.2, -0.15) is 25.3 Å². The Morgan fingerprint density at radius 3 is 1.67 bits per heavy atom. The molecule has 6 N–H and O–H groups in total. The van der Waals surface area contributed by atoms with E-state index in [4.69, 9.17) is 9.11 Å². The maximum absolute atomic E-state index is 11.3. The zero-order chi connectivity index (χ0) is 38.8. The van der Waals surface area contributed by atoms with Crippen LogP contribution in [0.15, 0.2) is 148 Å². The van der Waals surface area contributed by atoms with Gasteiger partial charge < -0.3 is 15.3 Å². The fourth-order valence-electron chi connectivity index (χ4n) is 5.69. The summed E-state index contributed by atoms with van der Waals surface area (Å²) in [6.45, 7) is 0. The molecule has 2 heterocycles. The third kappa shape index (κ3) is 8.23. The van der Waals surface area contributed by atoms with Gasteiger partial charge >= 0.3 is 0 Å². The van der Waals surface area contributed by atoms with E-state index in [1.165, 1.54) is 60.7 Å². The molecule has 0 spiro atoms. The van der Waals surface area contributed by atoms with E-state index in [1.54, 1.807) is 24.3 Å². The molecule has 8 aromatic rings. The number of para-hydroxylation sites is 3. The Morgan fingerprint density at radius 1 is 0.519 bits per heavy atom. The van der Waals surface area contributed by atoms with Crippen LogP contribution in [0.4, 0.5) is 17.1 Å². The topological polar surface area (TPSA) is 250 Å². The van der Waals surface area contributed by atoms with E-state index < -0.39 is 35.3 Å². The van der Waals surface area contributed by atoms with E-state index in [1.807, 2.05) is 48.5 Å². The summed E-state index contributed by atoms with van der Waals surface area (Å²) in [4.78, 5) is 15.9. The molecule has 8 rings (SSSR count). The van der Waals surface area contributed by atoms with Crippen LogP contribution in [0.3, 0.4) is 0 Å². The molecule has 54 heavy (non-hydrogen) atoms. The van der Waals surface area contributed by atoms with Crippen molar-refractivity contribution in [3.05, 3.63) is 144 Å². The fraction of sp³-hybridized carbons (Fsp3) is 0. The number of anilines is 2. The molecular formula is C36H28N4O11S3. The highest BCUT2D eigenvalue weighted by atomic mass is 32.2. The van der Waals surface area contributed by atoms with Crippen LogP contribution in [-0.2, 0) is 30.4 Å². The van der Waals surface area contributed by atoms with Crippen molar-refractivity contribution in [3.8, 4) is 0 Å². The van der Waals surface area contributed by atoms with Crippen molar-refractivity contribution in [2.45, 2.75) is 14.7 Å². The quantitative estimate of drug-likeness (QED) is 0.0538. The summed E-state index contributed by atoms with van der Waals surface area (Å²) >= 11 is 0. The average molecular weight is 789 g/mol. The standard InChI is InChI=1S/C12H10N2O5S.2C12H9NO3S/c15-14(16)10-7-5-9(6-8-10)13-11-3-1-2-4-12(11)20(17,18)19;14-17(15,16)11-7-3-6-10-12(11)8-4-1-2-5-9(8)13-10;14-17(15,16)8-5-6-12-10(7-8)9-3-1-2-4-11(9)13-12/h1-8,13H,(H,17,18,19);2*1-7,13H,(H,14,15,16). The second-order valence-electron chi connectivity index (χ2n) is 11.6. The maximum atomic E-state index is 11.3. The molecule has 0 radical (unpaired) electrons. The summed E-state index contributed by atoms with van der Waals surface area (Å²) in [5.74, 6) is 0. The van der Waals surface area contributed by atoms with Crippen molar-refractivity contribution in [3.63, 3.8) is 0 Å². The van der Waals surface area contributed by atoms with Gasteiger partial charge in [0.25, 0.3) is 36.0 Å². The SMILES string of the molecule is O=S(=O)(O)c1ccc2[nH]c3ccccc3c2c1.O=S(=O)(O)c1cccc2[nH]c3ccccc3c12.O=[N+]([O-])c1ccc(Nc2ccccc2S(=O)(=O)O)cc1. The van der Waals surface area contributed by atoms with Crippen molar-refractivity contribution < 1.29 is 43.8 Å². The molecule has 15 nitrogen and oxygen atoms in total. The van der Waals surface area contributed by atoms with Crippen LogP contribution in [0.25, 0.3) is 43.6 Å². The van der Waals surface area contributed by atoms with Crippen LogP contribution in [0.5, 0.6) is 0 Å². The monoisotopic (exact) mass is 788 g/mol. The number of H-pyrrole nitrogens is 2. The predicted molar refractivity (Wildman–Crippen MR) is 204 cm³/mol. The summed E-state index contributed by atoms with van der Waals surface area (Å²) in [7, 11) is -12.7. The first-order valence-electron chi connectivity index (χ1n) is 15.5. The Morgan fingerprint density at radius 2 is 1.04 bits per heavy atom. The molecule has 0 bridgehead atoms. The summed E-state index contributed by atoms with van der Waals surface area (Å²) in [6, 6.07) is 35.6. The molecule has 0 atom stereocenters. The molecule has 2 aromatic heterocycles. The molecular weight excluding hydrogens is 761 g/mol. The van der Waals surface area contributed by atoms with E-state index in [0.717, 1.165) is 32.7 Å². The fourth-order valence-corrected chi connectivity index (χ4v) is 7.57. The Labute approximate surface area is 307 Å². The van der Waals surface area contributed by atoms with Crippen molar-refractivity contribution in [2.75, 3.05) is 5.32 Å². The highest BCUT2D eigenvalue weighted by molar-refractivity contribution is 7.86. The van der Waals surface area contributed by atoms with Gasteiger partial charge in [-0.05, 0) is 66.7 Å². The van der Waals surface area contributed by atoms with E-state index in [0.29, 0.717) is 16.6 Å². The Balaban J connectivity index is 0.000000139. The van der Waals surface area contributed by atoms with E-state index in [9.17, 15) is 39.9 Å². The van der Waals surface area contributed by atoms with Gasteiger partial charge in [0.1, 0.15) is 9.79 Å². The summed E-state index contributed by atoms with van der Waals surface area (Å²) in [6.07, 6.45) is 0. The van der Waals surface area contributed by atoms with E-state index in [2.05, 4.69) is 15.3 Å². The van der Waals surface area contributed by atoms with Gasteiger partial charge in [-0.25, -0.2) is 0 Å². The van der Waals surface area contributed by atoms with Crippen LogP contribution < -0.4 is 5.32 Å². The molecule has 6 aromatic carbocycles. The van der Waals surface area contributed by atoms with Gasteiger partial charge in [0, 0.05) is 61.4 Å². The summed E-state index contributed by atoms with van der Waals surface area (Å²) in [5.41, 5.74) is 3.91. The largest absolute Gasteiger partial charge is 0.355 e. The number of benzene rings is 6. The van der Waals surface area contributed by atoms with Crippen LogP contribution in [-0.4, -0.2) is 53.8 Å². The lowest BCUT2D eigenvalue weighted by molar-refractivity contribution is -0.384. The highest BCUT2D eigenvalue weighted by Gasteiger charge is 2.18. The number of hydrogen-bond donors (Lipinski definition) is 6. The third-order valence-corrected chi connectivity index (χ3v) is 10.7. The smallest absolute Gasteiger partial charge is 0.296 e. The second-order valence-corrected chi connectivity index (χ2v) is 15.8. The lowest BCUT2D eigenvalue weighted by Gasteiger charge is -2.09. The molecule has 0 aliphatic carbocycles. The molecule has 0 unspecified atom stereocenters. The minimum atomic E-state index is -4.35. The number of nitrogens with one attached hydrogen (secondary N) is 3. The predicted octanol–water partition coefficient (Wildman–Crippen LogP) is 7.72. The second kappa shape index (κ2) is 14.7. The van der Waals surface area contributed by atoms with Gasteiger partial charge in [0.05, 0.1) is 15.5 Å². The number of nitro benzene ring substituents is 1. The minimum absolute atomic E-state index is 0.0625. The lowest BCUT2D eigenvalue weighted by atomic mass is 10.1. The van der Waals surface area contributed by atoms with Gasteiger partial charge in [0.15, 0.2) is 0 Å². The zero-order valence-corrected chi connectivity index (χ0v) is 29.9. The van der Waals surface area contributed by atoms with Crippen molar-refractivity contribution in [1.29, 1.82) is 0 Å². The van der Waals surface area contributed by atoms with Crippen LogP contribution in [0.2, 0.25) is 0 Å². The Kier molecular flexibility index (Phi) is 10.2. The van der Waals surface area contributed by atoms with Crippen LogP contribution in [0, 0.1) is 10.1 Å². The molecule has 18 heteroatoms. The lowest BCUT2D eigenvalue weighted by Crippen LogP contribution is -2.03. The number of fused-ring (bicyclic) bond motifs is 6. The Hall–Kier alpha value is -6.15. The number of aromatic nitrogens is 2. The number of hydrogen-bond acceptors (Lipinski definition) is 9. The first-order chi connectivity index (χ1) is 25.5. The summed E-state index contributed by atoms with van der Waals surface area (Å²) < 4.78 is 94.6. The normalized spacial score (nSPS) is 11.8. The molecule has 0 saturated heterocycles. The van der Waals surface area contributed by atoms with Gasteiger partial charge in [-0.3, -0.25) is 23.8 Å². The number of non-ortho nitro benzene ring substituents is 1. The molecule has 0 saturated carbocycles. The Bertz CT molecular complexity index is 3030. The van der Waals surface area contributed by atoms with Crippen LogP contribution in [0.1, 0.15) is 0 Å². The minimum Gasteiger partial charge on any atom is -0.355 e. The number of nitrogens with zero attached hydrogens (tertiary/aromatic N) is 1. The number of rotatable bonds is 6. The van der Waals surface area contributed by atoms with Gasteiger partial charge in [-0.1, -0.05) is 54.6 Å². The molecule has 276 valence electrons. The first-order valence-corrected chi connectivity index (χ1v) is 19.9. The van der Waals surface area contributed by atoms with Crippen molar-refractivity contribution in [1.82, 2.24) is 9.97 Å². The van der Waals surface area contributed by atoms with E-state index in [-0.39, 0.29) is 26.1 Å².